The second kappa shape index (κ2) is 5.31. The van der Waals surface area contributed by atoms with E-state index in [-0.39, 0.29) is 6.03 Å². The molecule has 2 heterocycles. The summed E-state index contributed by atoms with van der Waals surface area (Å²) in [6, 6.07) is 4.98. The molecular weight excluding hydrogens is 244 g/mol. The minimum absolute atomic E-state index is 0.159. The third kappa shape index (κ3) is 3.05. The van der Waals surface area contributed by atoms with Crippen molar-refractivity contribution in [2.45, 2.75) is 38.1 Å². The second-order valence-corrected chi connectivity index (χ2v) is 6.47. The van der Waals surface area contributed by atoms with Gasteiger partial charge in [0.1, 0.15) is 0 Å². The van der Waals surface area contributed by atoms with Gasteiger partial charge in [0.2, 0.25) is 0 Å². The van der Waals surface area contributed by atoms with E-state index in [1.54, 1.807) is 0 Å². The van der Waals surface area contributed by atoms with Gasteiger partial charge in [-0.25, -0.2) is 4.79 Å². The van der Waals surface area contributed by atoms with E-state index in [0.29, 0.717) is 6.04 Å². The van der Waals surface area contributed by atoms with Crippen LogP contribution in [0.1, 0.15) is 30.6 Å². The third-order valence-electron chi connectivity index (χ3n) is 3.88. The highest BCUT2D eigenvalue weighted by Crippen LogP contribution is 2.24. The molecule has 2 fully saturated rings. The number of carbonyl (C=O) groups is 1. The van der Waals surface area contributed by atoms with E-state index in [9.17, 15) is 4.79 Å². The first-order chi connectivity index (χ1) is 8.81. The van der Waals surface area contributed by atoms with Crippen LogP contribution in [0.15, 0.2) is 17.5 Å². The minimum atomic E-state index is 0.159. The summed E-state index contributed by atoms with van der Waals surface area (Å²) in [5.74, 6) is 0.758. The number of rotatable bonds is 3. The SMILES string of the molecule is O=C(NC1CC1)N1CCC(Cc2cccs2)CC1. The van der Waals surface area contributed by atoms with Crippen molar-refractivity contribution in [1.82, 2.24) is 10.2 Å². The van der Waals surface area contributed by atoms with Crippen LogP contribution in [0.3, 0.4) is 0 Å². The summed E-state index contributed by atoms with van der Waals surface area (Å²) in [4.78, 5) is 15.4. The summed E-state index contributed by atoms with van der Waals surface area (Å²) >= 11 is 1.85. The van der Waals surface area contributed by atoms with E-state index < -0.39 is 0 Å². The van der Waals surface area contributed by atoms with Gasteiger partial charge in [0.05, 0.1) is 0 Å². The van der Waals surface area contributed by atoms with Gasteiger partial charge in [-0.3, -0.25) is 0 Å². The van der Waals surface area contributed by atoms with E-state index in [0.717, 1.165) is 31.8 Å². The van der Waals surface area contributed by atoms with Gasteiger partial charge in [0.25, 0.3) is 0 Å². The zero-order valence-corrected chi connectivity index (χ0v) is 11.4. The quantitative estimate of drug-likeness (QED) is 0.894. The van der Waals surface area contributed by atoms with Gasteiger partial charge in [0.15, 0.2) is 0 Å². The van der Waals surface area contributed by atoms with E-state index in [1.165, 1.54) is 24.1 Å². The molecule has 1 aliphatic heterocycles. The highest BCUT2D eigenvalue weighted by molar-refractivity contribution is 7.09. The maximum atomic E-state index is 11.9. The molecule has 18 heavy (non-hydrogen) atoms. The number of urea groups is 1. The fraction of sp³-hybridized carbons (Fsp3) is 0.643. The number of thiophene rings is 1. The van der Waals surface area contributed by atoms with E-state index in [2.05, 4.69) is 22.8 Å². The van der Waals surface area contributed by atoms with Crippen molar-refractivity contribution in [3.8, 4) is 0 Å². The lowest BCUT2D eigenvalue weighted by molar-refractivity contribution is 0.170. The molecule has 0 bridgehead atoms. The largest absolute Gasteiger partial charge is 0.335 e. The maximum Gasteiger partial charge on any atom is 0.317 e. The summed E-state index contributed by atoms with van der Waals surface area (Å²) in [6.45, 7) is 1.85. The summed E-state index contributed by atoms with van der Waals surface area (Å²) in [6.07, 6.45) is 5.82. The van der Waals surface area contributed by atoms with Gasteiger partial charge in [-0.05, 0) is 49.5 Å². The Kier molecular flexibility index (Phi) is 3.55. The van der Waals surface area contributed by atoms with Crippen molar-refractivity contribution in [2.75, 3.05) is 13.1 Å². The molecule has 3 nitrogen and oxygen atoms in total. The molecule has 0 aromatic carbocycles. The van der Waals surface area contributed by atoms with E-state index in [4.69, 9.17) is 0 Å². The molecule has 1 N–H and O–H groups in total. The average molecular weight is 264 g/mol. The van der Waals surface area contributed by atoms with Crippen molar-refractivity contribution in [3.05, 3.63) is 22.4 Å². The van der Waals surface area contributed by atoms with Crippen molar-refractivity contribution in [3.63, 3.8) is 0 Å². The molecule has 2 aliphatic rings. The highest BCUT2D eigenvalue weighted by atomic mass is 32.1. The fourth-order valence-electron chi connectivity index (χ4n) is 2.55. The Labute approximate surface area is 112 Å². The summed E-state index contributed by atoms with van der Waals surface area (Å²) in [7, 11) is 0. The molecule has 1 saturated heterocycles. The lowest BCUT2D eigenvalue weighted by Crippen LogP contribution is -2.45. The molecule has 0 spiro atoms. The normalized spacial score (nSPS) is 21.0. The fourth-order valence-corrected chi connectivity index (χ4v) is 3.37. The zero-order valence-electron chi connectivity index (χ0n) is 10.6. The lowest BCUT2D eigenvalue weighted by atomic mass is 9.93. The summed E-state index contributed by atoms with van der Waals surface area (Å²) in [5.41, 5.74) is 0. The Bertz CT molecular complexity index is 392. The smallest absolute Gasteiger partial charge is 0.317 e. The predicted molar refractivity (Wildman–Crippen MR) is 73.9 cm³/mol. The standard InChI is InChI=1S/C14H20N2OS/c17-14(15-12-3-4-12)16-7-5-11(6-8-16)10-13-2-1-9-18-13/h1-2,9,11-12H,3-8,10H2,(H,15,17). The molecule has 1 aliphatic carbocycles. The molecule has 0 radical (unpaired) electrons. The van der Waals surface area contributed by atoms with Gasteiger partial charge in [-0.2, -0.15) is 0 Å². The molecule has 98 valence electrons. The summed E-state index contributed by atoms with van der Waals surface area (Å²) in [5, 5.41) is 5.22. The van der Waals surface area contributed by atoms with Crippen LogP contribution in [0.4, 0.5) is 4.79 Å². The van der Waals surface area contributed by atoms with E-state index in [1.807, 2.05) is 16.2 Å². The lowest BCUT2D eigenvalue weighted by Gasteiger charge is -2.31. The number of nitrogens with zero attached hydrogens (tertiary/aromatic N) is 1. The van der Waals surface area contributed by atoms with Gasteiger partial charge >= 0.3 is 6.03 Å². The Hall–Kier alpha value is -1.03. The Morgan fingerprint density at radius 3 is 2.72 bits per heavy atom. The molecule has 4 heteroatoms. The van der Waals surface area contributed by atoms with Crippen LogP contribution in [0, 0.1) is 5.92 Å². The third-order valence-corrected chi connectivity index (χ3v) is 4.78. The topological polar surface area (TPSA) is 32.3 Å². The van der Waals surface area contributed by atoms with Crippen molar-refractivity contribution >= 4 is 17.4 Å². The Morgan fingerprint density at radius 1 is 1.33 bits per heavy atom. The van der Waals surface area contributed by atoms with Crippen LogP contribution < -0.4 is 5.32 Å². The number of carbonyl (C=O) groups excluding carboxylic acids is 1. The van der Waals surface area contributed by atoms with Crippen LogP contribution in [-0.4, -0.2) is 30.1 Å². The summed E-state index contributed by atoms with van der Waals surface area (Å²) < 4.78 is 0. The van der Waals surface area contributed by atoms with Crippen molar-refractivity contribution < 1.29 is 4.79 Å². The predicted octanol–water partition coefficient (Wildman–Crippen LogP) is 2.87. The van der Waals surface area contributed by atoms with Crippen LogP contribution in [0.2, 0.25) is 0 Å². The first-order valence-electron chi connectivity index (χ1n) is 6.89. The van der Waals surface area contributed by atoms with Crippen LogP contribution in [-0.2, 0) is 6.42 Å². The van der Waals surface area contributed by atoms with Crippen LogP contribution in [0.5, 0.6) is 0 Å². The van der Waals surface area contributed by atoms with Gasteiger partial charge in [-0.1, -0.05) is 6.07 Å². The average Bonchev–Trinajstić information content (AvgIpc) is 3.04. The Balaban J connectivity index is 1.44. The molecule has 1 saturated carbocycles. The number of amides is 2. The number of hydrogen-bond acceptors (Lipinski definition) is 2. The number of nitrogens with one attached hydrogen (secondary N) is 1. The molecular formula is C14H20N2OS. The Morgan fingerprint density at radius 2 is 2.11 bits per heavy atom. The number of piperidine rings is 1. The first kappa shape index (κ1) is 12.0. The number of hydrogen-bond donors (Lipinski definition) is 1. The first-order valence-corrected chi connectivity index (χ1v) is 7.77. The van der Waals surface area contributed by atoms with Gasteiger partial charge < -0.3 is 10.2 Å². The zero-order chi connectivity index (χ0) is 12.4. The highest BCUT2D eigenvalue weighted by Gasteiger charge is 2.28. The number of likely N-dealkylation sites (tertiary alicyclic amines) is 1. The van der Waals surface area contributed by atoms with Gasteiger partial charge in [0, 0.05) is 24.0 Å². The maximum absolute atomic E-state index is 11.9. The molecule has 3 rings (SSSR count). The van der Waals surface area contributed by atoms with Gasteiger partial charge in [-0.15, -0.1) is 11.3 Å². The van der Waals surface area contributed by atoms with E-state index >= 15 is 0 Å². The second-order valence-electron chi connectivity index (χ2n) is 5.44. The minimum Gasteiger partial charge on any atom is -0.335 e. The molecule has 1 aromatic heterocycles. The molecule has 1 aromatic rings. The van der Waals surface area contributed by atoms with Crippen LogP contribution >= 0.6 is 11.3 Å². The molecule has 0 atom stereocenters. The van der Waals surface area contributed by atoms with Crippen molar-refractivity contribution in [2.24, 2.45) is 5.92 Å². The molecule has 2 amide bonds. The molecule has 0 unspecified atom stereocenters. The van der Waals surface area contributed by atoms with Crippen LogP contribution in [0.25, 0.3) is 0 Å². The van der Waals surface area contributed by atoms with Crippen molar-refractivity contribution in [1.29, 1.82) is 0 Å². The monoisotopic (exact) mass is 264 g/mol.